The Bertz CT molecular complexity index is 1030. The van der Waals surface area contributed by atoms with E-state index in [-0.39, 0.29) is 5.82 Å². The van der Waals surface area contributed by atoms with Crippen molar-refractivity contribution >= 4 is 0 Å². The average molecular weight is 398 g/mol. The monoisotopic (exact) mass is 398 g/mol. The third-order valence-corrected chi connectivity index (χ3v) is 5.69. The second-order valence-electron chi connectivity index (χ2n) is 7.62. The van der Waals surface area contributed by atoms with Gasteiger partial charge >= 0.3 is 6.18 Å². The van der Waals surface area contributed by atoms with Gasteiger partial charge in [-0.3, -0.25) is 0 Å². The summed E-state index contributed by atoms with van der Waals surface area (Å²) in [6, 6.07) is 14.7. The van der Waals surface area contributed by atoms with Crippen molar-refractivity contribution in [2.75, 3.05) is 0 Å². The number of rotatable bonds is 4. The molecule has 0 atom stereocenters. The van der Waals surface area contributed by atoms with E-state index in [1.165, 1.54) is 23.3 Å². The zero-order valence-corrected chi connectivity index (χ0v) is 16.2. The maximum Gasteiger partial charge on any atom is 0.416 e. The first-order valence-corrected chi connectivity index (χ1v) is 9.99. The number of halogens is 4. The normalized spacial score (nSPS) is 13.1. The number of alkyl halides is 3. The first-order valence-electron chi connectivity index (χ1n) is 9.99. The number of fused-ring (bicyclic) bond motifs is 3. The molecule has 4 heteroatoms. The van der Waals surface area contributed by atoms with E-state index in [0.29, 0.717) is 23.1 Å². The van der Waals surface area contributed by atoms with E-state index in [4.69, 9.17) is 0 Å². The van der Waals surface area contributed by atoms with Crippen molar-refractivity contribution in [1.82, 2.24) is 0 Å². The Balaban J connectivity index is 1.69. The van der Waals surface area contributed by atoms with Gasteiger partial charge in [-0.25, -0.2) is 4.39 Å². The molecule has 0 fully saturated rings. The minimum atomic E-state index is -4.40. The Morgan fingerprint density at radius 3 is 2.21 bits per heavy atom. The maximum atomic E-state index is 15.3. The molecule has 0 aromatic heterocycles. The summed E-state index contributed by atoms with van der Waals surface area (Å²) in [6.45, 7) is 2.17. The highest BCUT2D eigenvalue weighted by molar-refractivity contribution is 5.78. The molecule has 0 radical (unpaired) electrons. The molecule has 3 aromatic carbocycles. The average Bonchev–Trinajstić information content (AvgIpc) is 2.71. The van der Waals surface area contributed by atoms with Crippen LogP contribution in [0.15, 0.2) is 54.6 Å². The molecule has 0 aliphatic heterocycles. The third kappa shape index (κ3) is 3.81. The summed E-state index contributed by atoms with van der Waals surface area (Å²) in [6.07, 6.45) is 0.332. The van der Waals surface area contributed by atoms with Gasteiger partial charge in [-0.15, -0.1) is 0 Å². The number of hydrogen-bond donors (Lipinski definition) is 0. The molecule has 0 amide bonds. The molecular formula is C25H22F4. The summed E-state index contributed by atoms with van der Waals surface area (Å²) in [5.41, 5.74) is 5.23. The van der Waals surface area contributed by atoms with Crippen LogP contribution in [-0.4, -0.2) is 0 Å². The molecule has 0 spiro atoms. The lowest BCUT2D eigenvalue weighted by molar-refractivity contribution is -0.137. The van der Waals surface area contributed by atoms with Crippen LogP contribution in [0.3, 0.4) is 0 Å². The van der Waals surface area contributed by atoms with Crippen LogP contribution in [0.4, 0.5) is 17.6 Å². The van der Waals surface area contributed by atoms with Crippen LogP contribution in [0.1, 0.15) is 42.0 Å². The Hall–Kier alpha value is -2.62. The van der Waals surface area contributed by atoms with Crippen LogP contribution in [0.5, 0.6) is 0 Å². The van der Waals surface area contributed by atoms with E-state index in [9.17, 15) is 13.2 Å². The highest BCUT2D eigenvalue weighted by Crippen LogP contribution is 2.39. The van der Waals surface area contributed by atoms with E-state index in [0.717, 1.165) is 48.9 Å². The summed E-state index contributed by atoms with van der Waals surface area (Å²) in [5.74, 6) is -0.331. The minimum Gasteiger partial charge on any atom is -0.206 e. The smallest absolute Gasteiger partial charge is 0.206 e. The molecule has 0 saturated carbocycles. The topological polar surface area (TPSA) is 0 Å². The van der Waals surface area contributed by atoms with Crippen LogP contribution in [0.2, 0.25) is 0 Å². The molecule has 0 heterocycles. The lowest BCUT2D eigenvalue weighted by atomic mass is 9.82. The van der Waals surface area contributed by atoms with Gasteiger partial charge in [0.15, 0.2) is 0 Å². The van der Waals surface area contributed by atoms with E-state index >= 15 is 4.39 Å². The molecule has 0 bridgehead atoms. The van der Waals surface area contributed by atoms with Crippen molar-refractivity contribution in [3.8, 4) is 22.3 Å². The van der Waals surface area contributed by atoms with Gasteiger partial charge in [0.25, 0.3) is 0 Å². The van der Waals surface area contributed by atoms with Gasteiger partial charge in [-0.05, 0) is 71.2 Å². The molecule has 0 unspecified atom stereocenters. The minimum absolute atomic E-state index is 0.331. The first-order chi connectivity index (χ1) is 13.9. The Kier molecular flexibility index (Phi) is 5.20. The van der Waals surface area contributed by atoms with Crippen LogP contribution in [-0.2, 0) is 25.4 Å². The zero-order valence-electron chi connectivity index (χ0n) is 16.2. The summed E-state index contributed by atoms with van der Waals surface area (Å²) >= 11 is 0. The Morgan fingerprint density at radius 1 is 0.828 bits per heavy atom. The summed E-state index contributed by atoms with van der Waals surface area (Å²) in [7, 11) is 0. The predicted molar refractivity (Wildman–Crippen MR) is 108 cm³/mol. The summed E-state index contributed by atoms with van der Waals surface area (Å²) in [5, 5.41) is 0. The van der Waals surface area contributed by atoms with Crippen LogP contribution in [0, 0.1) is 5.82 Å². The molecule has 150 valence electrons. The van der Waals surface area contributed by atoms with Gasteiger partial charge in [-0.2, -0.15) is 13.2 Å². The second-order valence-corrected chi connectivity index (χ2v) is 7.62. The SMILES string of the molecule is CCCCc1ccc2c(c1)CCc1c-2ccc(-c2ccc(C(F)(F)F)cc2)c1F. The van der Waals surface area contributed by atoms with E-state index in [1.807, 2.05) is 6.07 Å². The third-order valence-electron chi connectivity index (χ3n) is 5.69. The van der Waals surface area contributed by atoms with Crippen molar-refractivity contribution in [3.63, 3.8) is 0 Å². The van der Waals surface area contributed by atoms with Crippen LogP contribution < -0.4 is 0 Å². The lowest BCUT2D eigenvalue weighted by Gasteiger charge is -2.22. The molecule has 4 rings (SSSR count). The van der Waals surface area contributed by atoms with Crippen LogP contribution >= 0.6 is 0 Å². The van der Waals surface area contributed by atoms with E-state index < -0.39 is 11.7 Å². The summed E-state index contributed by atoms with van der Waals surface area (Å²) in [4.78, 5) is 0. The van der Waals surface area contributed by atoms with Crippen LogP contribution in [0.25, 0.3) is 22.3 Å². The molecule has 0 saturated heterocycles. The number of aryl methyl sites for hydroxylation is 2. The number of unbranched alkanes of at least 4 members (excludes halogenated alkanes) is 1. The fourth-order valence-electron chi connectivity index (χ4n) is 4.09. The van der Waals surface area contributed by atoms with Gasteiger partial charge in [0.05, 0.1) is 5.56 Å². The maximum absolute atomic E-state index is 15.3. The first kappa shape index (κ1) is 19.7. The van der Waals surface area contributed by atoms with Gasteiger partial charge in [-0.1, -0.05) is 55.8 Å². The Morgan fingerprint density at radius 2 is 1.52 bits per heavy atom. The van der Waals surface area contributed by atoms with Gasteiger partial charge in [0.2, 0.25) is 0 Å². The molecule has 1 aliphatic rings. The molecule has 3 aromatic rings. The number of hydrogen-bond acceptors (Lipinski definition) is 0. The molecule has 1 aliphatic carbocycles. The highest BCUT2D eigenvalue weighted by Gasteiger charge is 2.30. The lowest BCUT2D eigenvalue weighted by Crippen LogP contribution is -2.08. The second kappa shape index (κ2) is 7.66. The van der Waals surface area contributed by atoms with Gasteiger partial charge in [0, 0.05) is 5.56 Å². The molecule has 29 heavy (non-hydrogen) atoms. The molecule has 0 nitrogen and oxygen atoms in total. The fourth-order valence-corrected chi connectivity index (χ4v) is 4.09. The zero-order chi connectivity index (χ0) is 20.6. The van der Waals surface area contributed by atoms with Crippen molar-refractivity contribution in [2.45, 2.75) is 45.2 Å². The Labute approximate surface area is 168 Å². The van der Waals surface area contributed by atoms with E-state index in [2.05, 4.69) is 25.1 Å². The highest BCUT2D eigenvalue weighted by atomic mass is 19.4. The number of benzene rings is 3. The standard InChI is InChI=1S/C25H22F4/c1-2-3-4-16-5-11-20-18(15-16)8-12-23-22(20)14-13-21(24(23)26)17-6-9-19(10-7-17)25(27,28)29/h5-7,9-11,13-15H,2-4,8,12H2,1H3. The van der Waals surface area contributed by atoms with Gasteiger partial charge < -0.3 is 0 Å². The largest absolute Gasteiger partial charge is 0.416 e. The quantitative estimate of drug-likeness (QED) is 0.397. The van der Waals surface area contributed by atoms with Crippen molar-refractivity contribution in [3.05, 3.63) is 82.7 Å². The fraction of sp³-hybridized carbons (Fsp3) is 0.280. The van der Waals surface area contributed by atoms with Gasteiger partial charge in [0.1, 0.15) is 5.82 Å². The van der Waals surface area contributed by atoms with Crippen molar-refractivity contribution in [2.24, 2.45) is 0 Å². The van der Waals surface area contributed by atoms with Crippen molar-refractivity contribution < 1.29 is 17.6 Å². The molecular weight excluding hydrogens is 376 g/mol. The predicted octanol–water partition coefficient (Wildman–Crippen LogP) is 7.62. The summed E-state index contributed by atoms with van der Waals surface area (Å²) < 4.78 is 53.7. The van der Waals surface area contributed by atoms with Crippen molar-refractivity contribution in [1.29, 1.82) is 0 Å². The van der Waals surface area contributed by atoms with E-state index in [1.54, 1.807) is 6.07 Å². The molecule has 0 N–H and O–H groups in total.